The number of hydrogen-bond acceptors (Lipinski definition) is 7. The standard InChI is InChI=1S/C19H22FN3O5S2/c1-21(2)16-5-4-13(10-15(16)20)18(24)22-6-8-23(9-7-22)30(26,27)17-11-14(12-29-17)19(25)28-3/h4-5,10-12H,6-9H2,1-3H3. The molecule has 1 aromatic carbocycles. The summed E-state index contributed by atoms with van der Waals surface area (Å²) in [5, 5.41) is 1.43. The first-order valence-corrected chi connectivity index (χ1v) is 11.4. The minimum atomic E-state index is -3.78. The van der Waals surface area contributed by atoms with Crippen LogP contribution in [-0.4, -0.2) is 76.9 Å². The largest absolute Gasteiger partial charge is 0.465 e. The van der Waals surface area contributed by atoms with Crippen molar-refractivity contribution < 1.29 is 27.1 Å². The molecule has 1 aromatic heterocycles. The Morgan fingerprint density at radius 2 is 1.77 bits per heavy atom. The van der Waals surface area contributed by atoms with Crippen molar-refractivity contribution in [2.75, 3.05) is 52.3 Å². The summed E-state index contributed by atoms with van der Waals surface area (Å²) in [6.45, 7) is 0.588. The van der Waals surface area contributed by atoms with Gasteiger partial charge < -0.3 is 14.5 Å². The average molecular weight is 456 g/mol. The van der Waals surface area contributed by atoms with E-state index < -0.39 is 21.8 Å². The van der Waals surface area contributed by atoms with Crippen LogP contribution in [0.25, 0.3) is 0 Å². The Bertz CT molecular complexity index is 1060. The van der Waals surface area contributed by atoms with E-state index in [0.717, 1.165) is 11.3 Å². The molecule has 0 spiro atoms. The lowest BCUT2D eigenvalue weighted by Gasteiger charge is -2.33. The van der Waals surface area contributed by atoms with E-state index >= 15 is 0 Å². The molecule has 1 saturated heterocycles. The normalized spacial score (nSPS) is 15.1. The number of amides is 1. The van der Waals surface area contributed by atoms with Crippen LogP contribution in [0, 0.1) is 5.82 Å². The summed E-state index contributed by atoms with van der Waals surface area (Å²) in [5.74, 6) is -1.44. The van der Waals surface area contributed by atoms with Gasteiger partial charge in [0.2, 0.25) is 0 Å². The highest BCUT2D eigenvalue weighted by molar-refractivity contribution is 7.91. The molecule has 1 aliphatic heterocycles. The number of anilines is 1. The number of benzene rings is 1. The molecule has 0 saturated carbocycles. The summed E-state index contributed by atoms with van der Waals surface area (Å²) in [5.41, 5.74) is 0.776. The number of piperazine rings is 1. The van der Waals surface area contributed by atoms with E-state index in [1.54, 1.807) is 31.1 Å². The Balaban J connectivity index is 1.68. The predicted molar refractivity (Wildman–Crippen MR) is 111 cm³/mol. The summed E-state index contributed by atoms with van der Waals surface area (Å²) < 4.78 is 45.8. The third-order valence-electron chi connectivity index (χ3n) is 4.79. The third-order valence-corrected chi connectivity index (χ3v) is 8.11. The van der Waals surface area contributed by atoms with Gasteiger partial charge in [-0.2, -0.15) is 4.31 Å². The van der Waals surface area contributed by atoms with Gasteiger partial charge in [-0.15, -0.1) is 11.3 Å². The molecule has 1 aliphatic rings. The van der Waals surface area contributed by atoms with Crippen LogP contribution >= 0.6 is 11.3 Å². The zero-order valence-electron chi connectivity index (χ0n) is 16.8. The number of hydrogen-bond donors (Lipinski definition) is 0. The lowest BCUT2D eigenvalue weighted by Crippen LogP contribution is -2.50. The van der Waals surface area contributed by atoms with E-state index in [-0.39, 0.29) is 47.4 Å². The number of methoxy groups -OCH3 is 1. The van der Waals surface area contributed by atoms with Crippen molar-refractivity contribution in [2.24, 2.45) is 0 Å². The van der Waals surface area contributed by atoms with Gasteiger partial charge in [0, 0.05) is 51.2 Å². The Kier molecular flexibility index (Phi) is 6.44. The second-order valence-corrected chi connectivity index (χ2v) is 9.98. The number of halogens is 1. The Labute approximate surface area is 178 Å². The van der Waals surface area contributed by atoms with E-state index in [1.807, 2.05) is 0 Å². The molecule has 0 N–H and O–H groups in total. The van der Waals surface area contributed by atoms with E-state index in [2.05, 4.69) is 4.74 Å². The number of rotatable bonds is 5. The maximum Gasteiger partial charge on any atom is 0.338 e. The number of carbonyl (C=O) groups excluding carboxylic acids is 2. The molecule has 0 atom stereocenters. The van der Waals surface area contributed by atoms with E-state index in [1.165, 1.54) is 33.8 Å². The first-order chi connectivity index (χ1) is 14.1. The molecule has 1 amide bonds. The highest BCUT2D eigenvalue weighted by Gasteiger charge is 2.32. The molecule has 8 nitrogen and oxygen atoms in total. The van der Waals surface area contributed by atoms with Crippen molar-refractivity contribution in [3.63, 3.8) is 0 Å². The van der Waals surface area contributed by atoms with E-state index in [4.69, 9.17) is 0 Å². The lowest BCUT2D eigenvalue weighted by atomic mass is 10.1. The van der Waals surface area contributed by atoms with Crippen molar-refractivity contribution in [3.8, 4) is 0 Å². The van der Waals surface area contributed by atoms with Crippen LogP contribution in [0.5, 0.6) is 0 Å². The van der Waals surface area contributed by atoms with E-state index in [0.29, 0.717) is 5.69 Å². The quantitative estimate of drug-likeness (QED) is 0.640. The molecule has 162 valence electrons. The summed E-state index contributed by atoms with van der Waals surface area (Å²) in [4.78, 5) is 27.4. The van der Waals surface area contributed by atoms with Gasteiger partial charge in [0.15, 0.2) is 0 Å². The molecule has 0 unspecified atom stereocenters. The highest BCUT2D eigenvalue weighted by Crippen LogP contribution is 2.26. The molecule has 1 fully saturated rings. The number of carbonyl (C=O) groups is 2. The number of thiophene rings is 1. The zero-order chi connectivity index (χ0) is 22.1. The second kappa shape index (κ2) is 8.70. The summed E-state index contributed by atoms with van der Waals surface area (Å²) in [6.07, 6.45) is 0. The van der Waals surface area contributed by atoms with Crippen LogP contribution in [0.1, 0.15) is 20.7 Å². The predicted octanol–water partition coefficient (Wildman–Crippen LogP) is 1.89. The Hall–Kier alpha value is -2.50. The number of nitrogens with zero attached hydrogens (tertiary/aromatic N) is 3. The Morgan fingerprint density at radius 3 is 2.33 bits per heavy atom. The minimum Gasteiger partial charge on any atom is -0.465 e. The van der Waals surface area contributed by atoms with Gasteiger partial charge in [0.05, 0.1) is 18.4 Å². The summed E-state index contributed by atoms with van der Waals surface area (Å²) >= 11 is 0.946. The average Bonchev–Trinajstić information content (AvgIpc) is 3.23. The monoisotopic (exact) mass is 455 g/mol. The summed E-state index contributed by atoms with van der Waals surface area (Å²) in [7, 11) is 0.868. The molecule has 0 radical (unpaired) electrons. The van der Waals surface area contributed by atoms with Crippen LogP contribution < -0.4 is 4.90 Å². The van der Waals surface area contributed by atoms with Crippen molar-refractivity contribution in [3.05, 3.63) is 46.6 Å². The number of ether oxygens (including phenoxy) is 1. The van der Waals surface area contributed by atoms with Crippen LogP contribution in [0.4, 0.5) is 10.1 Å². The van der Waals surface area contributed by atoms with Crippen molar-refractivity contribution >= 4 is 38.9 Å². The van der Waals surface area contributed by atoms with Gasteiger partial charge in [-0.3, -0.25) is 4.79 Å². The second-order valence-electron chi connectivity index (χ2n) is 6.90. The zero-order valence-corrected chi connectivity index (χ0v) is 18.4. The molecule has 2 aromatic rings. The third kappa shape index (κ3) is 4.32. The van der Waals surface area contributed by atoms with Gasteiger partial charge >= 0.3 is 5.97 Å². The van der Waals surface area contributed by atoms with Crippen LogP contribution in [-0.2, 0) is 14.8 Å². The molecule has 3 rings (SSSR count). The maximum atomic E-state index is 14.2. The molecular weight excluding hydrogens is 433 g/mol. The summed E-state index contributed by atoms with van der Waals surface area (Å²) in [6, 6.07) is 5.59. The Morgan fingerprint density at radius 1 is 1.10 bits per heavy atom. The van der Waals surface area contributed by atoms with Crippen molar-refractivity contribution in [2.45, 2.75) is 4.21 Å². The fourth-order valence-corrected chi connectivity index (χ4v) is 5.84. The molecule has 0 aliphatic carbocycles. The van der Waals surface area contributed by atoms with Crippen LogP contribution in [0.3, 0.4) is 0 Å². The van der Waals surface area contributed by atoms with Gasteiger partial charge in [0.1, 0.15) is 10.0 Å². The van der Waals surface area contributed by atoms with Gasteiger partial charge in [-0.1, -0.05) is 0 Å². The smallest absolute Gasteiger partial charge is 0.338 e. The van der Waals surface area contributed by atoms with Crippen LogP contribution in [0.15, 0.2) is 33.9 Å². The fraction of sp³-hybridized carbons (Fsp3) is 0.368. The van der Waals surface area contributed by atoms with Gasteiger partial charge in [0.25, 0.3) is 15.9 Å². The number of sulfonamides is 1. The van der Waals surface area contributed by atoms with Crippen LogP contribution in [0.2, 0.25) is 0 Å². The first-order valence-electron chi connectivity index (χ1n) is 9.08. The highest BCUT2D eigenvalue weighted by atomic mass is 32.2. The number of esters is 1. The maximum absolute atomic E-state index is 14.2. The molecular formula is C19H22FN3O5S2. The fourth-order valence-electron chi connectivity index (χ4n) is 3.12. The topological polar surface area (TPSA) is 87.2 Å². The minimum absolute atomic E-state index is 0.0454. The first kappa shape index (κ1) is 22.2. The lowest BCUT2D eigenvalue weighted by molar-refractivity contribution is 0.0600. The van der Waals surface area contributed by atoms with Crippen molar-refractivity contribution in [1.82, 2.24) is 9.21 Å². The SMILES string of the molecule is COC(=O)c1csc(S(=O)(=O)N2CCN(C(=O)c3ccc(N(C)C)c(F)c3)CC2)c1. The molecule has 0 bridgehead atoms. The van der Waals surface area contributed by atoms with E-state index in [9.17, 15) is 22.4 Å². The molecule has 11 heteroatoms. The molecule has 2 heterocycles. The van der Waals surface area contributed by atoms with Gasteiger partial charge in [-0.05, 0) is 24.3 Å². The van der Waals surface area contributed by atoms with Crippen molar-refractivity contribution in [1.29, 1.82) is 0 Å². The molecule has 30 heavy (non-hydrogen) atoms. The van der Waals surface area contributed by atoms with Gasteiger partial charge in [-0.25, -0.2) is 17.6 Å².